The van der Waals surface area contributed by atoms with E-state index in [1.54, 1.807) is 0 Å². The molecule has 0 N–H and O–H groups in total. The normalized spacial score (nSPS) is 10.4. The molecule has 0 aromatic rings. The lowest BCUT2D eigenvalue weighted by Crippen LogP contribution is -1.77. The molecule has 0 amide bonds. The second-order valence-corrected chi connectivity index (χ2v) is 3.45. The van der Waals surface area contributed by atoms with Crippen molar-refractivity contribution in [1.82, 2.24) is 0 Å². The molecule has 0 saturated heterocycles. The van der Waals surface area contributed by atoms with Crippen LogP contribution in [0, 0.1) is 0 Å². The predicted molar refractivity (Wildman–Crippen MR) is 26.0 cm³/mol. The average Bonchev–Trinajstić information content (AvgIpc) is 1.33. The molecule has 0 aliphatic heterocycles. The maximum Gasteiger partial charge on any atom is 0.549 e. The van der Waals surface area contributed by atoms with Crippen molar-refractivity contribution in [2.75, 3.05) is 0 Å². The zero-order valence-electron chi connectivity index (χ0n) is 3.54. The minimum Gasteiger partial charge on any atom is -0.778 e. The van der Waals surface area contributed by atoms with E-state index in [0.717, 1.165) is 0 Å². The van der Waals surface area contributed by atoms with Gasteiger partial charge in [0.05, 0.1) is 9.39 Å². The molecular formula is H3O4SSi2-. The van der Waals surface area contributed by atoms with E-state index < -0.39 is 19.8 Å². The Bertz CT molecular complexity index is 77.7. The summed E-state index contributed by atoms with van der Waals surface area (Å²) in [6.45, 7) is 0. The highest BCUT2D eigenvalue weighted by molar-refractivity contribution is 8.01. The third-order valence-corrected chi connectivity index (χ3v) is 0. The van der Waals surface area contributed by atoms with Crippen molar-refractivity contribution in [3.05, 3.63) is 0 Å². The van der Waals surface area contributed by atoms with Gasteiger partial charge < -0.3 is 4.55 Å². The lowest BCUT2D eigenvalue weighted by atomic mass is 15.9. The van der Waals surface area contributed by atoms with Gasteiger partial charge in [-0.2, -0.15) is 0 Å². The molecule has 0 aromatic carbocycles. The first-order valence-corrected chi connectivity index (χ1v) is 5.90. The monoisotopic (exact) mass is 155 g/mol. The lowest BCUT2D eigenvalue weighted by Gasteiger charge is -1.85. The van der Waals surface area contributed by atoms with E-state index in [4.69, 9.17) is 17.7 Å². The number of rotatable bonds is 0. The van der Waals surface area contributed by atoms with E-state index in [9.17, 15) is 0 Å². The first-order chi connectivity index (χ1) is 3.15. The summed E-state index contributed by atoms with van der Waals surface area (Å²) in [7, 11) is -2.87. The van der Waals surface area contributed by atoms with Gasteiger partial charge in [-0.05, 0) is 0 Å². The molecule has 7 heavy (non-hydrogen) atoms. The molecule has 0 radical (unpaired) electrons. The van der Waals surface area contributed by atoms with Gasteiger partial charge in [0.25, 0.3) is 0 Å². The highest BCUT2D eigenvalue weighted by Crippen LogP contribution is 1.41. The summed E-state index contributed by atoms with van der Waals surface area (Å²) in [5.41, 5.74) is 0. The van der Waals surface area contributed by atoms with Gasteiger partial charge in [-0.15, -0.1) is 0 Å². The molecule has 0 heterocycles. The van der Waals surface area contributed by atoms with Crippen LogP contribution in [0.3, 0.4) is 0 Å². The Morgan fingerprint density at radius 1 is 1.57 bits per heavy atom. The Kier molecular flexibility index (Phi) is 13.8. The molecule has 0 saturated carbocycles. The molecule has 1 atom stereocenters. The van der Waals surface area contributed by atoms with Crippen molar-refractivity contribution in [2.45, 2.75) is 0 Å². The molecule has 0 spiro atoms. The Labute approximate surface area is 47.6 Å². The molecule has 42 valence electrons. The van der Waals surface area contributed by atoms with Crippen molar-refractivity contribution < 1.29 is 17.7 Å². The smallest absolute Gasteiger partial charge is 0.549 e. The van der Waals surface area contributed by atoms with Crippen molar-refractivity contribution in [3.63, 3.8) is 0 Å². The van der Waals surface area contributed by atoms with Gasteiger partial charge in [-0.25, -0.2) is 0 Å². The van der Waals surface area contributed by atoms with Gasteiger partial charge in [0, 0.05) is 0 Å². The first kappa shape index (κ1) is 10.2. The molecule has 0 aromatic heterocycles. The molecule has 0 fully saturated rings. The van der Waals surface area contributed by atoms with Crippen molar-refractivity contribution >= 4 is 29.2 Å². The summed E-state index contributed by atoms with van der Waals surface area (Å²) in [5, 5.41) is 0. The Hall–Kier alpha value is 0.144. The lowest BCUT2D eigenvalue weighted by molar-refractivity contribution is 0.497. The van der Waals surface area contributed by atoms with E-state index in [1.165, 1.54) is 0 Å². The third-order valence-electron chi connectivity index (χ3n) is 0. The van der Waals surface area contributed by atoms with Crippen molar-refractivity contribution in [1.29, 1.82) is 0 Å². The van der Waals surface area contributed by atoms with Crippen LogP contribution >= 0.6 is 0 Å². The van der Waals surface area contributed by atoms with E-state index in [2.05, 4.69) is 0 Å². The van der Waals surface area contributed by atoms with Crippen LogP contribution in [0.25, 0.3) is 0 Å². The quantitative estimate of drug-likeness (QED) is 0.287. The molecular weight excluding hydrogens is 152 g/mol. The maximum absolute atomic E-state index is 9.06. The molecule has 0 rings (SSSR count). The molecule has 0 aliphatic carbocycles. The second kappa shape index (κ2) is 9.47. The summed E-state index contributed by atoms with van der Waals surface area (Å²) in [5.74, 6) is 0. The van der Waals surface area contributed by atoms with Crippen LogP contribution in [0.4, 0.5) is 0 Å². The van der Waals surface area contributed by atoms with Crippen molar-refractivity contribution in [2.24, 2.45) is 0 Å². The summed E-state index contributed by atoms with van der Waals surface area (Å²) in [4.78, 5) is 0. The molecule has 0 bridgehead atoms. The highest BCUT2D eigenvalue weighted by atomic mass is 32.4. The largest absolute Gasteiger partial charge is 0.778 e. The topological polar surface area (TPSA) is 74.3 Å². The minimum absolute atomic E-state index is 0.265. The van der Waals surface area contributed by atoms with E-state index >= 15 is 0 Å². The van der Waals surface area contributed by atoms with Crippen LogP contribution in [0.5, 0.6) is 0 Å². The maximum atomic E-state index is 9.06. The molecule has 7 heteroatoms. The van der Waals surface area contributed by atoms with Crippen molar-refractivity contribution in [3.8, 4) is 0 Å². The summed E-state index contributed by atoms with van der Waals surface area (Å²) in [6, 6.07) is 0. The number of hydrogen-bond acceptors (Lipinski definition) is 4. The average molecular weight is 155 g/mol. The van der Waals surface area contributed by atoms with E-state index in [-0.39, 0.29) is 9.39 Å². The second-order valence-electron chi connectivity index (χ2n) is 0.485. The van der Waals surface area contributed by atoms with Gasteiger partial charge in [0.1, 0.15) is 0 Å². The summed E-state index contributed by atoms with van der Waals surface area (Å²) < 4.78 is 34.9. The summed E-state index contributed by atoms with van der Waals surface area (Å²) >= 11 is 0. The van der Waals surface area contributed by atoms with E-state index in [1.807, 2.05) is 0 Å². The predicted octanol–water partition coefficient (Wildman–Crippen LogP) is -2.47. The zero-order valence-corrected chi connectivity index (χ0v) is 7.36. The Balaban J connectivity index is 0. The zero-order chi connectivity index (χ0) is 6.28. The standard InChI is InChI=1S/H4O2SSi.O2Si/c1-3(2)4;1-3-2/h4H3,(H,1,2);/p-1. The fourth-order valence-electron chi connectivity index (χ4n) is 0. The first-order valence-electron chi connectivity index (χ1n) is 1.15. The Morgan fingerprint density at radius 2 is 1.57 bits per heavy atom. The van der Waals surface area contributed by atoms with Gasteiger partial charge >= 0.3 is 9.29 Å². The highest BCUT2D eigenvalue weighted by Gasteiger charge is 1.42. The van der Waals surface area contributed by atoms with Gasteiger partial charge in [-0.1, -0.05) is 10.5 Å². The SMILES string of the molecule is O=S([O-])[SiH3].O=[Si]=O. The van der Waals surface area contributed by atoms with Crippen LogP contribution < -0.4 is 0 Å². The fraction of sp³-hybridized carbons (Fsp3) is 0. The summed E-state index contributed by atoms with van der Waals surface area (Å²) in [6.07, 6.45) is 0. The number of hydrogen-bond donors (Lipinski definition) is 0. The van der Waals surface area contributed by atoms with Gasteiger partial charge in [-0.3, -0.25) is 13.1 Å². The van der Waals surface area contributed by atoms with Gasteiger partial charge in [0.2, 0.25) is 0 Å². The van der Waals surface area contributed by atoms with Crippen LogP contribution in [-0.2, 0) is 19.5 Å². The van der Waals surface area contributed by atoms with Crippen LogP contribution in [0.1, 0.15) is 0 Å². The van der Waals surface area contributed by atoms with Crippen LogP contribution in [0.15, 0.2) is 0 Å². The minimum atomic E-state index is -1.72. The Morgan fingerprint density at radius 3 is 1.57 bits per heavy atom. The third kappa shape index (κ3) is 5100. The molecule has 1 unspecified atom stereocenters. The molecule has 4 nitrogen and oxygen atoms in total. The van der Waals surface area contributed by atoms with Gasteiger partial charge in [0.15, 0.2) is 0 Å². The van der Waals surface area contributed by atoms with Crippen LogP contribution in [-0.4, -0.2) is 27.4 Å². The van der Waals surface area contributed by atoms with Crippen LogP contribution in [0.2, 0.25) is 0 Å². The molecule has 0 aliphatic rings. The fourth-order valence-corrected chi connectivity index (χ4v) is 0. The van der Waals surface area contributed by atoms with E-state index in [0.29, 0.717) is 0 Å².